The fraction of sp³-hybridized carbons (Fsp3) is 0.167. The van der Waals surface area contributed by atoms with E-state index >= 15 is 0 Å². The molecule has 0 amide bonds. The van der Waals surface area contributed by atoms with E-state index in [1.165, 1.54) is 18.2 Å². The molecule has 8 nitrogen and oxygen atoms in total. The minimum Gasteiger partial charge on any atom is -0.464 e. The van der Waals surface area contributed by atoms with Gasteiger partial charge in [0.05, 0.1) is 12.2 Å². The van der Waals surface area contributed by atoms with Gasteiger partial charge >= 0.3 is 6.01 Å². The van der Waals surface area contributed by atoms with Crippen molar-refractivity contribution in [2.24, 2.45) is 5.84 Å². The molecule has 0 aliphatic carbocycles. The average molecular weight is 289 g/mol. The van der Waals surface area contributed by atoms with Gasteiger partial charge in [-0.1, -0.05) is 0 Å². The first-order chi connectivity index (χ1) is 10.2. The summed E-state index contributed by atoms with van der Waals surface area (Å²) in [5, 5.41) is 11.6. The highest BCUT2D eigenvalue weighted by molar-refractivity contribution is 5.57. The van der Waals surface area contributed by atoms with Crippen molar-refractivity contribution in [1.29, 1.82) is 5.26 Å². The molecule has 0 radical (unpaired) electrons. The summed E-state index contributed by atoms with van der Waals surface area (Å²) < 4.78 is 18.4. The van der Waals surface area contributed by atoms with E-state index < -0.39 is 5.82 Å². The number of halogens is 1. The lowest BCUT2D eigenvalue weighted by Gasteiger charge is -2.08. The molecule has 0 saturated heterocycles. The summed E-state index contributed by atoms with van der Waals surface area (Å²) in [4.78, 5) is 11.9. The minimum absolute atomic E-state index is 0.0868. The quantitative estimate of drug-likeness (QED) is 0.556. The zero-order valence-electron chi connectivity index (χ0n) is 11.1. The number of ether oxygens (including phenoxy) is 1. The number of nitrogens with two attached hydrogens (primary N) is 1. The molecule has 0 saturated carbocycles. The zero-order valence-corrected chi connectivity index (χ0v) is 11.1. The Morgan fingerprint density at radius 1 is 1.33 bits per heavy atom. The normalized spacial score (nSPS) is 9.81. The molecule has 0 bridgehead atoms. The first-order valence-electron chi connectivity index (χ1n) is 5.98. The standard InChI is InChI=1S/C12H12FN7O/c1-2-21-12-18-10(17-11(19-12)20-15)16-8-3-4-9(13)7(5-8)6-14/h3-5H,2,15H2,1H3,(H2,16,17,18,19,20). The predicted molar refractivity (Wildman–Crippen MR) is 73.2 cm³/mol. The van der Waals surface area contributed by atoms with Crippen molar-refractivity contribution in [2.45, 2.75) is 6.92 Å². The summed E-state index contributed by atoms with van der Waals surface area (Å²) in [5.74, 6) is 4.92. The highest BCUT2D eigenvalue weighted by Gasteiger charge is 2.08. The Hall–Kier alpha value is -2.99. The first kappa shape index (κ1) is 14.4. The highest BCUT2D eigenvalue weighted by Crippen LogP contribution is 2.19. The van der Waals surface area contributed by atoms with Crippen LogP contribution in [0.1, 0.15) is 12.5 Å². The molecule has 2 aromatic rings. The van der Waals surface area contributed by atoms with Gasteiger partial charge in [0, 0.05) is 5.69 Å². The molecule has 0 aliphatic heterocycles. The predicted octanol–water partition coefficient (Wildman–Crippen LogP) is 1.31. The van der Waals surface area contributed by atoms with Crippen LogP contribution in [0.2, 0.25) is 0 Å². The van der Waals surface area contributed by atoms with Crippen molar-refractivity contribution in [3.63, 3.8) is 0 Å². The Balaban J connectivity index is 2.30. The molecule has 1 aromatic heterocycles. The van der Waals surface area contributed by atoms with Crippen molar-refractivity contribution < 1.29 is 9.13 Å². The smallest absolute Gasteiger partial charge is 0.323 e. The second-order valence-electron chi connectivity index (χ2n) is 3.77. The molecule has 0 unspecified atom stereocenters. The summed E-state index contributed by atoms with van der Waals surface area (Å²) in [6.07, 6.45) is 0. The number of anilines is 3. The zero-order chi connectivity index (χ0) is 15.2. The van der Waals surface area contributed by atoms with Crippen LogP contribution in [0.25, 0.3) is 0 Å². The number of aromatic nitrogens is 3. The molecule has 1 aromatic carbocycles. The topological polar surface area (TPSA) is 122 Å². The van der Waals surface area contributed by atoms with E-state index in [9.17, 15) is 4.39 Å². The molecule has 0 aliphatic rings. The van der Waals surface area contributed by atoms with Crippen molar-refractivity contribution in [3.8, 4) is 12.1 Å². The third kappa shape index (κ3) is 3.52. The Bertz CT molecular complexity index is 686. The molecule has 21 heavy (non-hydrogen) atoms. The summed E-state index contributed by atoms with van der Waals surface area (Å²) >= 11 is 0. The van der Waals surface area contributed by atoms with E-state index in [1.54, 1.807) is 13.0 Å². The number of nitrogens with one attached hydrogen (secondary N) is 2. The molecule has 9 heteroatoms. The minimum atomic E-state index is -0.599. The van der Waals surface area contributed by atoms with Crippen molar-refractivity contribution in [3.05, 3.63) is 29.6 Å². The summed E-state index contributed by atoms with van der Waals surface area (Å²) in [5.41, 5.74) is 2.65. The van der Waals surface area contributed by atoms with E-state index in [0.717, 1.165) is 0 Å². The SMILES string of the molecule is CCOc1nc(NN)nc(Nc2ccc(F)c(C#N)c2)n1. The highest BCUT2D eigenvalue weighted by atomic mass is 19.1. The molecule has 1 heterocycles. The van der Waals surface area contributed by atoms with Crippen LogP contribution in [0, 0.1) is 17.1 Å². The lowest BCUT2D eigenvalue weighted by molar-refractivity contribution is 0.312. The Morgan fingerprint density at radius 3 is 2.76 bits per heavy atom. The molecule has 108 valence electrons. The van der Waals surface area contributed by atoms with Gasteiger partial charge in [0.25, 0.3) is 0 Å². The molecular weight excluding hydrogens is 277 g/mol. The average Bonchev–Trinajstić information content (AvgIpc) is 2.49. The van der Waals surface area contributed by atoms with Crippen LogP contribution >= 0.6 is 0 Å². The fourth-order valence-electron chi connectivity index (χ4n) is 1.49. The number of hydrogen-bond acceptors (Lipinski definition) is 8. The van der Waals surface area contributed by atoms with Gasteiger partial charge in [-0.2, -0.15) is 20.2 Å². The largest absolute Gasteiger partial charge is 0.464 e. The molecule has 0 atom stereocenters. The maximum absolute atomic E-state index is 13.3. The van der Waals surface area contributed by atoms with E-state index in [0.29, 0.717) is 12.3 Å². The van der Waals surface area contributed by atoms with Gasteiger partial charge in [0.1, 0.15) is 11.9 Å². The van der Waals surface area contributed by atoms with Gasteiger partial charge < -0.3 is 10.1 Å². The molecule has 0 spiro atoms. The summed E-state index contributed by atoms with van der Waals surface area (Å²) in [6, 6.07) is 5.81. The number of benzene rings is 1. The van der Waals surface area contributed by atoms with Crippen LogP contribution in [-0.2, 0) is 0 Å². The van der Waals surface area contributed by atoms with E-state index in [-0.39, 0.29) is 23.5 Å². The van der Waals surface area contributed by atoms with Crippen LogP contribution in [0.5, 0.6) is 6.01 Å². The number of rotatable bonds is 5. The lowest BCUT2D eigenvalue weighted by Crippen LogP contribution is -2.13. The first-order valence-corrected chi connectivity index (χ1v) is 5.98. The van der Waals surface area contributed by atoms with Crippen molar-refractivity contribution in [1.82, 2.24) is 15.0 Å². The lowest BCUT2D eigenvalue weighted by atomic mass is 10.2. The maximum Gasteiger partial charge on any atom is 0.323 e. The van der Waals surface area contributed by atoms with Gasteiger partial charge in [0.2, 0.25) is 11.9 Å². The third-order valence-electron chi connectivity index (χ3n) is 2.36. The van der Waals surface area contributed by atoms with E-state index in [1.807, 2.05) is 0 Å². The van der Waals surface area contributed by atoms with E-state index in [2.05, 4.69) is 25.7 Å². The second kappa shape index (κ2) is 6.44. The maximum atomic E-state index is 13.3. The van der Waals surface area contributed by atoms with Crippen LogP contribution < -0.4 is 21.3 Å². The molecule has 4 N–H and O–H groups in total. The van der Waals surface area contributed by atoms with Gasteiger partial charge in [-0.15, -0.1) is 0 Å². The monoisotopic (exact) mass is 289 g/mol. The van der Waals surface area contributed by atoms with Crippen molar-refractivity contribution in [2.75, 3.05) is 17.3 Å². The van der Waals surface area contributed by atoms with Crippen LogP contribution in [0.15, 0.2) is 18.2 Å². The van der Waals surface area contributed by atoms with Crippen LogP contribution in [0.4, 0.5) is 22.0 Å². The van der Waals surface area contributed by atoms with Gasteiger partial charge in [-0.3, -0.25) is 5.43 Å². The van der Waals surface area contributed by atoms with Crippen LogP contribution in [0.3, 0.4) is 0 Å². The fourth-order valence-corrected chi connectivity index (χ4v) is 1.49. The summed E-state index contributed by atoms with van der Waals surface area (Å²) in [7, 11) is 0. The van der Waals surface area contributed by atoms with Crippen LogP contribution in [-0.4, -0.2) is 21.6 Å². The number of nitriles is 1. The van der Waals surface area contributed by atoms with Gasteiger partial charge in [0.15, 0.2) is 0 Å². The molecule has 2 rings (SSSR count). The van der Waals surface area contributed by atoms with Crippen molar-refractivity contribution >= 4 is 17.6 Å². The third-order valence-corrected chi connectivity index (χ3v) is 2.36. The summed E-state index contributed by atoms with van der Waals surface area (Å²) in [6.45, 7) is 2.16. The number of hydrazine groups is 1. The molecular formula is C12H12FN7O. The Kier molecular flexibility index (Phi) is 4.43. The Morgan fingerprint density at radius 2 is 2.10 bits per heavy atom. The van der Waals surface area contributed by atoms with E-state index in [4.69, 9.17) is 15.8 Å². The Labute approximate surface area is 119 Å². The second-order valence-corrected chi connectivity index (χ2v) is 3.77. The van der Waals surface area contributed by atoms with Gasteiger partial charge in [-0.05, 0) is 25.1 Å². The number of nitrogens with zero attached hydrogens (tertiary/aromatic N) is 4. The molecule has 0 fully saturated rings. The number of nitrogen functional groups attached to an aromatic ring is 1. The number of hydrogen-bond donors (Lipinski definition) is 3. The van der Waals surface area contributed by atoms with Gasteiger partial charge in [-0.25, -0.2) is 10.2 Å².